The van der Waals surface area contributed by atoms with Gasteiger partial charge in [0.1, 0.15) is 0 Å². The van der Waals surface area contributed by atoms with Crippen molar-refractivity contribution in [2.24, 2.45) is 5.92 Å². The van der Waals surface area contributed by atoms with Crippen molar-refractivity contribution in [3.63, 3.8) is 0 Å². The molecule has 2 heteroatoms. The fourth-order valence-corrected chi connectivity index (χ4v) is 3.71. The van der Waals surface area contributed by atoms with Gasteiger partial charge in [0.2, 0.25) is 0 Å². The maximum Gasteiger partial charge on any atom is 0.0328 e. The minimum atomic E-state index is 0.718. The van der Waals surface area contributed by atoms with Crippen LogP contribution in [0.4, 0.5) is 0 Å². The van der Waals surface area contributed by atoms with Crippen molar-refractivity contribution >= 4 is 0 Å². The Balaban J connectivity index is 1.81. The van der Waals surface area contributed by atoms with E-state index in [9.17, 15) is 0 Å². The van der Waals surface area contributed by atoms with Crippen molar-refractivity contribution < 1.29 is 0 Å². The van der Waals surface area contributed by atoms with E-state index in [2.05, 4.69) is 36.6 Å². The quantitative estimate of drug-likeness (QED) is 0.760. The van der Waals surface area contributed by atoms with Crippen LogP contribution in [-0.2, 0) is 0 Å². The van der Waals surface area contributed by atoms with Crippen LogP contribution in [0.25, 0.3) is 0 Å². The first-order valence-electron chi connectivity index (χ1n) is 8.36. The number of allylic oxidation sites excluding steroid dienone is 2. The van der Waals surface area contributed by atoms with Gasteiger partial charge in [0.25, 0.3) is 0 Å². The fraction of sp³-hybridized carbons (Fsp3) is 0.882. The molecule has 1 aliphatic carbocycles. The predicted molar refractivity (Wildman–Crippen MR) is 83.2 cm³/mol. The van der Waals surface area contributed by atoms with Crippen molar-refractivity contribution in [1.29, 1.82) is 0 Å². The van der Waals surface area contributed by atoms with Crippen molar-refractivity contribution in [1.82, 2.24) is 9.80 Å². The summed E-state index contributed by atoms with van der Waals surface area (Å²) in [5, 5.41) is 0. The highest BCUT2D eigenvalue weighted by Crippen LogP contribution is 2.26. The van der Waals surface area contributed by atoms with Crippen LogP contribution >= 0.6 is 0 Å². The standard InChI is InChI=1S/C17H32N2/c1-4-8-15(2)18-11-12-19(16(3)13-18)14-17-9-6-5-7-10-17/h8,16-17H,4-7,9-14H2,1-3H3/b15-8+. The highest BCUT2D eigenvalue weighted by atomic mass is 15.3. The highest BCUT2D eigenvalue weighted by Gasteiger charge is 2.26. The van der Waals surface area contributed by atoms with Crippen molar-refractivity contribution in [3.05, 3.63) is 11.8 Å². The van der Waals surface area contributed by atoms with Crippen LogP contribution in [0.3, 0.4) is 0 Å². The maximum absolute atomic E-state index is 2.74. The third kappa shape index (κ3) is 4.24. The van der Waals surface area contributed by atoms with E-state index in [4.69, 9.17) is 0 Å². The Labute approximate surface area is 119 Å². The number of rotatable bonds is 4. The van der Waals surface area contributed by atoms with E-state index in [1.165, 1.54) is 64.0 Å². The maximum atomic E-state index is 2.74. The molecule has 0 aromatic rings. The second-order valence-corrected chi connectivity index (χ2v) is 6.55. The van der Waals surface area contributed by atoms with Gasteiger partial charge >= 0.3 is 0 Å². The lowest BCUT2D eigenvalue weighted by atomic mass is 9.88. The zero-order chi connectivity index (χ0) is 13.7. The van der Waals surface area contributed by atoms with Gasteiger partial charge in [-0.3, -0.25) is 4.90 Å². The van der Waals surface area contributed by atoms with Crippen molar-refractivity contribution in [2.75, 3.05) is 26.2 Å². The summed E-state index contributed by atoms with van der Waals surface area (Å²) >= 11 is 0. The second-order valence-electron chi connectivity index (χ2n) is 6.55. The zero-order valence-corrected chi connectivity index (χ0v) is 13.2. The van der Waals surface area contributed by atoms with Crippen LogP contribution in [0.1, 0.15) is 59.3 Å². The molecule has 0 aromatic carbocycles. The number of piperazine rings is 1. The summed E-state index contributed by atoms with van der Waals surface area (Å²) in [6, 6.07) is 0.718. The highest BCUT2D eigenvalue weighted by molar-refractivity contribution is 5.00. The summed E-state index contributed by atoms with van der Waals surface area (Å²) in [6.07, 6.45) is 10.9. The SMILES string of the molecule is CC/C=C(\C)N1CCN(CC2CCCCC2)C(C)C1. The van der Waals surface area contributed by atoms with Gasteiger partial charge in [0, 0.05) is 37.9 Å². The van der Waals surface area contributed by atoms with E-state index in [-0.39, 0.29) is 0 Å². The van der Waals surface area contributed by atoms with Gasteiger partial charge in [0.05, 0.1) is 0 Å². The Bertz CT molecular complexity index is 292. The molecule has 0 bridgehead atoms. The zero-order valence-electron chi connectivity index (χ0n) is 13.2. The van der Waals surface area contributed by atoms with E-state index in [0.29, 0.717) is 0 Å². The molecule has 1 atom stereocenters. The summed E-state index contributed by atoms with van der Waals surface area (Å²) in [6.45, 7) is 12.0. The summed E-state index contributed by atoms with van der Waals surface area (Å²) < 4.78 is 0. The number of nitrogens with zero attached hydrogens (tertiary/aromatic N) is 2. The van der Waals surface area contributed by atoms with E-state index in [0.717, 1.165) is 18.4 Å². The van der Waals surface area contributed by atoms with Gasteiger partial charge in [0.15, 0.2) is 0 Å². The lowest BCUT2D eigenvalue weighted by molar-refractivity contribution is 0.0812. The molecule has 2 rings (SSSR count). The molecule has 0 aromatic heterocycles. The fourth-order valence-electron chi connectivity index (χ4n) is 3.71. The molecule has 1 unspecified atom stereocenters. The van der Waals surface area contributed by atoms with Gasteiger partial charge in [-0.1, -0.05) is 32.3 Å². The molecule has 2 fully saturated rings. The normalized spacial score (nSPS) is 27.8. The smallest absolute Gasteiger partial charge is 0.0328 e. The average Bonchev–Trinajstić information content (AvgIpc) is 2.42. The Morgan fingerprint density at radius 2 is 1.89 bits per heavy atom. The lowest BCUT2D eigenvalue weighted by Gasteiger charge is -2.43. The van der Waals surface area contributed by atoms with E-state index in [1.807, 2.05) is 0 Å². The Morgan fingerprint density at radius 3 is 2.53 bits per heavy atom. The molecule has 110 valence electrons. The molecule has 0 amide bonds. The first-order valence-corrected chi connectivity index (χ1v) is 8.36. The molecular weight excluding hydrogens is 232 g/mol. The topological polar surface area (TPSA) is 6.48 Å². The summed E-state index contributed by atoms with van der Waals surface area (Å²) in [5.74, 6) is 0.982. The Kier molecular flexibility index (Phi) is 5.75. The first kappa shape index (κ1) is 14.9. The molecular formula is C17H32N2. The van der Waals surface area contributed by atoms with Gasteiger partial charge < -0.3 is 4.90 Å². The third-order valence-corrected chi connectivity index (χ3v) is 4.98. The van der Waals surface area contributed by atoms with Crippen LogP contribution < -0.4 is 0 Å². The minimum absolute atomic E-state index is 0.718. The van der Waals surface area contributed by atoms with E-state index < -0.39 is 0 Å². The largest absolute Gasteiger partial charge is 0.372 e. The Hall–Kier alpha value is -0.500. The van der Waals surface area contributed by atoms with Crippen LogP contribution in [0, 0.1) is 5.92 Å². The summed E-state index contributed by atoms with van der Waals surface area (Å²) in [7, 11) is 0. The van der Waals surface area contributed by atoms with Gasteiger partial charge in [-0.05, 0) is 39.0 Å². The molecule has 1 saturated carbocycles. The average molecular weight is 264 g/mol. The first-order chi connectivity index (χ1) is 9.20. The van der Waals surface area contributed by atoms with E-state index >= 15 is 0 Å². The van der Waals surface area contributed by atoms with Gasteiger partial charge in [-0.15, -0.1) is 0 Å². The molecule has 1 heterocycles. The molecule has 2 aliphatic rings. The third-order valence-electron chi connectivity index (χ3n) is 4.98. The monoisotopic (exact) mass is 264 g/mol. The molecule has 0 radical (unpaired) electrons. The number of hydrogen-bond donors (Lipinski definition) is 0. The number of hydrogen-bond acceptors (Lipinski definition) is 2. The summed E-state index contributed by atoms with van der Waals surface area (Å²) in [5.41, 5.74) is 1.48. The molecule has 0 N–H and O–H groups in total. The van der Waals surface area contributed by atoms with Crippen LogP contribution in [-0.4, -0.2) is 42.0 Å². The molecule has 1 aliphatic heterocycles. The predicted octanol–water partition coefficient (Wildman–Crippen LogP) is 3.89. The van der Waals surface area contributed by atoms with Crippen LogP contribution in [0.15, 0.2) is 11.8 Å². The van der Waals surface area contributed by atoms with Gasteiger partial charge in [-0.2, -0.15) is 0 Å². The van der Waals surface area contributed by atoms with Crippen LogP contribution in [0.5, 0.6) is 0 Å². The molecule has 1 saturated heterocycles. The molecule has 19 heavy (non-hydrogen) atoms. The summed E-state index contributed by atoms with van der Waals surface area (Å²) in [4.78, 5) is 5.32. The second kappa shape index (κ2) is 7.33. The van der Waals surface area contributed by atoms with Crippen LogP contribution in [0.2, 0.25) is 0 Å². The Morgan fingerprint density at radius 1 is 1.16 bits per heavy atom. The van der Waals surface area contributed by atoms with Crippen molar-refractivity contribution in [3.8, 4) is 0 Å². The van der Waals surface area contributed by atoms with Gasteiger partial charge in [-0.25, -0.2) is 0 Å². The van der Waals surface area contributed by atoms with E-state index in [1.54, 1.807) is 0 Å². The molecule has 2 nitrogen and oxygen atoms in total. The molecule has 0 spiro atoms. The lowest BCUT2D eigenvalue weighted by Crippen LogP contribution is -2.52. The van der Waals surface area contributed by atoms with Crippen molar-refractivity contribution in [2.45, 2.75) is 65.3 Å². The minimum Gasteiger partial charge on any atom is -0.372 e.